The van der Waals surface area contributed by atoms with Gasteiger partial charge in [0, 0.05) is 0 Å². The van der Waals surface area contributed by atoms with Crippen LogP contribution in [0.5, 0.6) is 0 Å². The second-order valence-electron chi connectivity index (χ2n) is 3.89. The van der Waals surface area contributed by atoms with Crippen molar-refractivity contribution in [3.63, 3.8) is 0 Å². The summed E-state index contributed by atoms with van der Waals surface area (Å²) < 4.78 is 5.22. The molecular formula is C11H16N2O2. The first kappa shape index (κ1) is 10.2. The Hall–Kier alpha value is -1.29. The lowest BCUT2D eigenvalue weighted by Gasteiger charge is -2.15. The van der Waals surface area contributed by atoms with E-state index in [9.17, 15) is 4.79 Å². The first-order valence-electron chi connectivity index (χ1n) is 5.34. The summed E-state index contributed by atoms with van der Waals surface area (Å²) in [5.41, 5.74) is 0. The quantitative estimate of drug-likeness (QED) is 0.785. The van der Waals surface area contributed by atoms with Crippen LogP contribution in [0.3, 0.4) is 0 Å². The van der Waals surface area contributed by atoms with Crippen molar-refractivity contribution >= 4 is 5.91 Å². The summed E-state index contributed by atoms with van der Waals surface area (Å²) in [6, 6.07) is 3.61. The molecule has 1 saturated heterocycles. The SMILES string of the molecule is C[C@H](NC(=O)[C@@H]1CCCN1)c1ccco1. The predicted octanol–water partition coefficient (Wildman–Crippen LogP) is 1.21. The third-order valence-corrected chi connectivity index (χ3v) is 2.71. The number of hydrogen-bond donors (Lipinski definition) is 2. The number of amides is 1. The number of rotatable bonds is 3. The van der Waals surface area contributed by atoms with E-state index in [0.717, 1.165) is 25.1 Å². The number of furan rings is 1. The zero-order valence-corrected chi connectivity index (χ0v) is 8.82. The maximum Gasteiger partial charge on any atom is 0.237 e. The standard InChI is InChI=1S/C11H16N2O2/c1-8(10-5-3-7-15-10)13-11(14)9-4-2-6-12-9/h3,5,7-9,12H,2,4,6H2,1H3,(H,13,14)/t8-,9-/m0/s1. The van der Waals surface area contributed by atoms with Gasteiger partial charge in [0.2, 0.25) is 5.91 Å². The topological polar surface area (TPSA) is 54.3 Å². The first-order valence-corrected chi connectivity index (χ1v) is 5.34. The molecule has 1 amide bonds. The zero-order chi connectivity index (χ0) is 10.7. The van der Waals surface area contributed by atoms with E-state index < -0.39 is 0 Å². The third-order valence-electron chi connectivity index (χ3n) is 2.71. The molecule has 2 heterocycles. The van der Waals surface area contributed by atoms with E-state index >= 15 is 0 Å². The molecule has 4 heteroatoms. The number of nitrogens with one attached hydrogen (secondary N) is 2. The molecule has 2 atom stereocenters. The Morgan fingerprint density at radius 2 is 2.60 bits per heavy atom. The molecule has 1 aliphatic rings. The van der Waals surface area contributed by atoms with Crippen molar-refractivity contribution in [1.29, 1.82) is 0 Å². The van der Waals surface area contributed by atoms with Gasteiger partial charge in [-0.15, -0.1) is 0 Å². The maximum absolute atomic E-state index is 11.7. The summed E-state index contributed by atoms with van der Waals surface area (Å²) in [4.78, 5) is 11.7. The van der Waals surface area contributed by atoms with Crippen LogP contribution in [0.15, 0.2) is 22.8 Å². The van der Waals surface area contributed by atoms with Gasteiger partial charge < -0.3 is 15.1 Å². The molecule has 0 bridgehead atoms. The van der Waals surface area contributed by atoms with Gasteiger partial charge in [-0.3, -0.25) is 4.79 Å². The minimum atomic E-state index is -0.0603. The van der Waals surface area contributed by atoms with Crippen molar-refractivity contribution in [3.8, 4) is 0 Å². The van der Waals surface area contributed by atoms with Gasteiger partial charge in [0.1, 0.15) is 5.76 Å². The summed E-state index contributed by atoms with van der Waals surface area (Å²) in [7, 11) is 0. The molecule has 4 nitrogen and oxygen atoms in total. The van der Waals surface area contributed by atoms with Crippen LogP contribution in [0.2, 0.25) is 0 Å². The summed E-state index contributed by atoms with van der Waals surface area (Å²) in [6.07, 6.45) is 3.62. The lowest BCUT2D eigenvalue weighted by molar-refractivity contribution is -0.123. The third kappa shape index (κ3) is 2.39. The Bertz CT molecular complexity index is 315. The summed E-state index contributed by atoms with van der Waals surface area (Å²) in [6.45, 7) is 2.86. The van der Waals surface area contributed by atoms with E-state index in [4.69, 9.17) is 4.42 Å². The lowest BCUT2D eigenvalue weighted by atomic mass is 10.2. The van der Waals surface area contributed by atoms with Gasteiger partial charge in [-0.1, -0.05) is 0 Å². The minimum Gasteiger partial charge on any atom is -0.467 e. The second-order valence-corrected chi connectivity index (χ2v) is 3.89. The van der Waals surface area contributed by atoms with Crippen molar-refractivity contribution in [3.05, 3.63) is 24.2 Å². The molecule has 1 aromatic rings. The van der Waals surface area contributed by atoms with Crippen LogP contribution >= 0.6 is 0 Å². The first-order chi connectivity index (χ1) is 7.27. The fourth-order valence-corrected chi connectivity index (χ4v) is 1.83. The molecule has 1 aromatic heterocycles. The van der Waals surface area contributed by atoms with Crippen LogP contribution in [0.1, 0.15) is 31.6 Å². The fourth-order valence-electron chi connectivity index (χ4n) is 1.83. The van der Waals surface area contributed by atoms with Gasteiger partial charge >= 0.3 is 0 Å². The monoisotopic (exact) mass is 208 g/mol. The molecule has 0 spiro atoms. The number of carbonyl (C=O) groups excluding carboxylic acids is 1. The second kappa shape index (κ2) is 4.49. The van der Waals surface area contributed by atoms with Gasteiger partial charge in [-0.2, -0.15) is 0 Å². The molecule has 82 valence electrons. The van der Waals surface area contributed by atoms with Crippen LogP contribution in [-0.2, 0) is 4.79 Å². The average molecular weight is 208 g/mol. The van der Waals surface area contributed by atoms with Crippen LogP contribution in [0.4, 0.5) is 0 Å². The Morgan fingerprint density at radius 3 is 3.20 bits per heavy atom. The van der Waals surface area contributed by atoms with Crippen molar-refractivity contribution in [1.82, 2.24) is 10.6 Å². The van der Waals surface area contributed by atoms with Gasteiger partial charge in [0.15, 0.2) is 0 Å². The highest BCUT2D eigenvalue weighted by Gasteiger charge is 2.23. The van der Waals surface area contributed by atoms with Crippen molar-refractivity contribution in [2.75, 3.05) is 6.54 Å². The van der Waals surface area contributed by atoms with Crippen molar-refractivity contribution in [2.24, 2.45) is 0 Å². The molecule has 2 N–H and O–H groups in total. The number of hydrogen-bond acceptors (Lipinski definition) is 3. The Morgan fingerprint density at radius 1 is 1.73 bits per heavy atom. The zero-order valence-electron chi connectivity index (χ0n) is 8.82. The van der Waals surface area contributed by atoms with E-state index in [-0.39, 0.29) is 18.0 Å². The molecule has 0 aliphatic carbocycles. The smallest absolute Gasteiger partial charge is 0.237 e. The van der Waals surface area contributed by atoms with Gasteiger partial charge in [0.25, 0.3) is 0 Å². The molecule has 0 aromatic carbocycles. The average Bonchev–Trinajstić information content (AvgIpc) is 2.91. The van der Waals surface area contributed by atoms with Gasteiger partial charge in [0.05, 0.1) is 18.3 Å². The van der Waals surface area contributed by atoms with E-state index in [1.165, 1.54) is 0 Å². The molecule has 1 fully saturated rings. The van der Waals surface area contributed by atoms with Crippen LogP contribution < -0.4 is 10.6 Å². The Kier molecular flexibility index (Phi) is 3.06. The van der Waals surface area contributed by atoms with Gasteiger partial charge in [-0.25, -0.2) is 0 Å². The maximum atomic E-state index is 11.7. The predicted molar refractivity (Wildman–Crippen MR) is 56.3 cm³/mol. The van der Waals surface area contributed by atoms with Crippen LogP contribution in [0.25, 0.3) is 0 Å². The van der Waals surface area contributed by atoms with E-state index in [2.05, 4.69) is 10.6 Å². The van der Waals surface area contributed by atoms with E-state index in [1.54, 1.807) is 6.26 Å². The highest BCUT2D eigenvalue weighted by Crippen LogP contribution is 2.13. The summed E-state index contributed by atoms with van der Waals surface area (Å²) in [5.74, 6) is 0.859. The molecule has 0 radical (unpaired) electrons. The molecule has 15 heavy (non-hydrogen) atoms. The molecule has 2 rings (SSSR count). The molecule has 0 saturated carbocycles. The highest BCUT2D eigenvalue weighted by molar-refractivity contribution is 5.82. The number of carbonyl (C=O) groups is 1. The van der Waals surface area contributed by atoms with Crippen LogP contribution in [-0.4, -0.2) is 18.5 Å². The Balaban J connectivity index is 1.88. The van der Waals surface area contributed by atoms with Crippen LogP contribution in [0, 0.1) is 0 Å². The fraction of sp³-hybridized carbons (Fsp3) is 0.545. The molecule has 0 unspecified atom stereocenters. The van der Waals surface area contributed by atoms with E-state index in [1.807, 2.05) is 19.1 Å². The minimum absolute atomic E-state index is 0.0255. The summed E-state index contributed by atoms with van der Waals surface area (Å²) in [5, 5.41) is 6.09. The van der Waals surface area contributed by atoms with Gasteiger partial charge in [-0.05, 0) is 38.4 Å². The normalized spacial score (nSPS) is 22.6. The van der Waals surface area contributed by atoms with Crippen molar-refractivity contribution < 1.29 is 9.21 Å². The highest BCUT2D eigenvalue weighted by atomic mass is 16.3. The largest absolute Gasteiger partial charge is 0.467 e. The molecular weight excluding hydrogens is 192 g/mol. The Labute approximate surface area is 89.0 Å². The summed E-state index contributed by atoms with van der Waals surface area (Å²) >= 11 is 0. The lowest BCUT2D eigenvalue weighted by Crippen LogP contribution is -2.41. The molecule has 1 aliphatic heterocycles. The van der Waals surface area contributed by atoms with Crippen molar-refractivity contribution in [2.45, 2.75) is 31.8 Å². The van der Waals surface area contributed by atoms with E-state index in [0.29, 0.717) is 0 Å².